The van der Waals surface area contributed by atoms with E-state index in [1.807, 2.05) is 0 Å². The Labute approximate surface area is 216 Å². The van der Waals surface area contributed by atoms with Crippen molar-refractivity contribution in [2.24, 2.45) is 5.73 Å². The predicted molar refractivity (Wildman–Crippen MR) is 133 cm³/mol. The molecule has 192 valence electrons. The first-order valence-corrected chi connectivity index (χ1v) is 11.3. The third-order valence-electron chi connectivity index (χ3n) is 6.02. The van der Waals surface area contributed by atoms with Crippen LogP contribution in [0.15, 0.2) is 70.7 Å². The van der Waals surface area contributed by atoms with E-state index in [4.69, 9.17) is 33.8 Å². The highest BCUT2D eigenvalue weighted by molar-refractivity contribution is 5.88. The lowest BCUT2D eigenvalue weighted by Crippen LogP contribution is -2.21. The maximum Gasteiger partial charge on any atom is 0.379 e. The molecular weight excluding hydrogens is 492 g/mol. The van der Waals surface area contributed by atoms with E-state index in [0.717, 1.165) is 0 Å². The molecule has 0 fully saturated rings. The minimum atomic E-state index is -0.696. The van der Waals surface area contributed by atoms with Crippen LogP contribution in [-0.4, -0.2) is 37.5 Å². The quantitative estimate of drug-likeness (QED) is 0.272. The average molecular weight is 514 g/mol. The van der Waals surface area contributed by atoms with Gasteiger partial charge in [-0.1, -0.05) is 12.1 Å². The van der Waals surface area contributed by atoms with Gasteiger partial charge >= 0.3 is 5.97 Å². The molecule has 0 radical (unpaired) electrons. The van der Waals surface area contributed by atoms with Gasteiger partial charge in [0.25, 0.3) is 0 Å². The molecule has 0 saturated carbocycles. The van der Waals surface area contributed by atoms with Crippen molar-refractivity contribution in [3.63, 3.8) is 0 Å². The molecule has 0 saturated heterocycles. The molecule has 0 spiro atoms. The number of aromatic amines is 1. The van der Waals surface area contributed by atoms with Gasteiger partial charge < -0.3 is 33.8 Å². The summed E-state index contributed by atoms with van der Waals surface area (Å²) in [4.78, 5) is 12.4. The van der Waals surface area contributed by atoms with E-state index in [0.29, 0.717) is 39.6 Å². The Balaban J connectivity index is 1.63. The fourth-order valence-corrected chi connectivity index (χ4v) is 4.33. The number of carbonyl (C=O) groups is 1. The summed E-state index contributed by atoms with van der Waals surface area (Å²) in [6, 6.07) is 15.5. The molecule has 3 heterocycles. The summed E-state index contributed by atoms with van der Waals surface area (Å²) >= 11 is 0. The van der Waals surface area contributed by atoms with Crippen molar-refractivity contribution in [3.05, 3.63) is 83.1 Å². The van der Waals surface area contributed by atoms with E-state index in [1.54, 1.807) is 42.5 Å². The predicted octanol–water partition coefficient (Wildman–Crippen LogP) is 4.13. The molecule has 2 aromatic heterocycles. The third kappa shape index (κ3) is 4.14. The number of hydrogen-bond donors (Lipinski definition) is 2. The lowest BCUT2D eigenvalue weighted by molar-refractivity contribution is 0.0701. The Hall–Kier alpha value is -5.37. The minimum absolute atomic E-state index is 0.0603. The number of esters is 1. The summed E-state index contributed by atoms with van der Waals surface area (Å²) < 4.78 is 32.8. The molecule has 3 N–H and O–H groups in total. The number of H-pyrrole nitrogens is 1. The number of furan rings is 1. The monoisotopic (exact) mass is 514 g/mol. The molecule has 5 rings (SSSR count). The van der Waals surface area contributed by atoms with Crippen LogP contribution in [0.4, 0.5) is 0 Å². The SMILES string of the molecule is COc1cc(-c2[nH]nc3c2C(c2cccc(OC(=O)c4ccco4)c2)C(C#N)=C(N)O3)cc(OC)c1OC. The highest BCUT2D eigenvalue weighted by Crippen LogP contribution is 2.48. The van der Waals surface area contributed by atoms with Gasteiger partial charge in [-0.15, -0.1) is 5.10 Å². The van der Waals surface area contributed by atoms with Crippen LogP contribution in [0.3, 0.4) is 0 Å². The van der Waals surface area contributed by atoms with E-state index in [9.17, 15) is 10.1 Å². The van der Waals surface area contributed by atoms with E-state index >= 15 is 0 Å². The zero-order valence-corrected chi connectivity index (χ0v) is 20.6. The number of nitrogens with two attached hydrogens (primary N) is 1. The number of allylic oxidation sites excluding steroid dienone is 1. The van der Waals surface area contributed by atoms with Gasteiger partial charge in [-0.3, -0.25) is 5.10 Å². The van der Waals surface area contributed by atoms with Crippen LogP contribution in [-0.2, 0) is 0 Å². The van der Waals surface area contributed by atoms with Crippen LogP contribution in [0.5, 0.6) is 28.9 Å². The van der Waals surface area contributed by atoms with Crippen LogP contribution in [0.2, 0.25) is 0 Å². The zero-order chi connectivity index (χ0) is 26.8. The highest BCUT2D eigenvalue weighted by Gasteiger charge is 2.36. The first-order chi connectivity index (χ1) is 18.5. The molecule has 11 nitrogen and oxygen atoms in total. The number of carbonyl (C=O) groups excluding carboxylic acids is 1. The lowest BCUT2D eigenvalue weighted by Gasteiger charge is -2.24. The number of rotatable bonds is 7. The van der Waals surface area contributed by atoms with Crippen molar-refractivity contribution in [2.45, 2.75) is 5.92 Å². The van der Waals surface area contributed by atoms with Gasteiger partial charge in [0.2, 0.25) is 23.3 Å². The second-order valence-electron chi connectivity index (χ2n) is 8.10. The van der Waals surface area contributed by atoms with Crippen molar-refractivity contribution in [1.82, 2.24) is 10.2 Å². The first-order valence-electron chi connectivity index (χ1n) is 11.3. The number of fused-ring (bicyclic) bond motifs is 1. The summed E-state index contributed by atoms with van der Waals surface area (Å²) in [7, 11) is 4.55. The maximum atomic E-state index is 12.4. The highest BCUT2D eigenvalue weighted by atomic mass is 16.5. The minimum Gasteiger partial charge on any atom is -0.493 e. The van der Waals surface area contributed by atoms with Crippen molar-refractivity contribution in [1.29, 1.82) is 5.26 Å². The number of ether oxygens (including phenoxy) is 5. The smallest absolute Gasteiger partial charge is 0.379 e. The van der Waals surface area contributed by atoms with Crippen LogP contribution >= 0.6 is 0 Å². The van der Waals surface area contributed by atoms with Gasteiger partial charge in [0, 0.05) is 5.56 Å². The number of nitriles is 1. The third-order valence-corrected chi connectivity index (χ3v) is 6.02. The molecule has 0 amide bonds. The van der Waals surface area contributed by atoms with E-state index in [1.165, 1.54) is 33.7 Å². The summed E-state index contributed by atoms with van der Waals surface area (Å²) in [5, 5.41) is 17.3. The molecule has 0 bridgehead atoms. The second-order valence-corrected chi connectivity index (χ2v) is 8.10. The maximum absolute atomic E-state index is 12.4. The van der Waals surface area contributed by atoms with Crippen LogP contribution < -0.4 is 29.4 Å². The zero-order valence-electron chi connectivity index (χ0n) is 20.6. The molecular formula is C27H22N4O7. The molecule has 1 aliphatic heterocycles. The number of aromatic nitrogens is 2. The normalized spacial score (nSPS) is 14.2. The summed E-state index contributed by atoms with van der Waals surface area (Å²) in [5.74, 6) is 0.375. The number of benzene rings is 2. The molecule has 2 aromatic carbocycles. The van der Waals surface area contributed by atoms with Gasteiger partial charge in [0.15, 0.2) is 11.5 Å². The van der Waals surface area contributed by atoms with Crippen LogP contribution in [0.25, 0.3) is 11.3 Å². The Kier molecular flexibility index (Phi) is 6.37. The number of nitrogens with one attached hydrogen (secondary N) is 1. The fraction of sp³-hybridized carbons (Fsp3) is 0.148. The first kappa shape index (κ1) is 24.3. The Morgan fingerprint density at radius 1 is 1.08 bits per heavy atom. The van der Waals surface area contributed by atoms with E-state index in [2.05, 4.69) is 16.3 Å². The number of hydrogen-bond acceptors (Lipinski definition) is 10. The molecule has 4 aromatic rings. The van der Waals surface area contributed by atoms with Gasteiger partial charge in [0.1, 0.15) is 17.4 Å². The van der Waals surface area contributed by atoms with Crippen molar-refractivity contribution in [2.75, 3.05) is 21.3 Å². The van der Waals surface area contributed by atoms with E-state index < -0.39 is 11.9 Å². The summed E-state index contributed by atoms with van der Waals surface area (Å²) in [6.45, 7) is 0. The van der Waals surface area contributed by atoms with Gasteiger partial charge in [-0.05, 0) is 42.0 Å². The summed E-state index contributed by atoms with van der Waals surface area (Å²) in [6.07, 6.45) is 1.38. The van der Waals surface area contributed by atoms with Crippen molar-refractivity contribution < 1.29 is 32.9 Å². The average Bonchev–Trinajstić information content (AvgIpc) is 3.62. The van der Waals surface area contributed by atoms with Gasteiger partial charge in [0.05, 0.1) is 44.8 Å². The number of methoxy groups -OCH3 is 3. The van der Waals surface area contributed by atoms with Crippen molar-refractivity contribution in [3.8, 4) is 46.2 Å². The fourth-order valence-electron chi connectivity index (χ4n) is 4.33. The van der Waals surface area contributed by atoms with Crippen LogP contribution in [0.1, 0.15) is 27.6 Å². The molecule has 38 heavy (non-hydrogen) atoms. The van der Waals surface area contributed by atoms with E-state index in [-0.39, 0.29) is 28.8 Å². The molecule has 1 aliphatic rings. The topological polar surface area (TPSA) is 155 Å². The summed E-state index contributed by atoms with van der Waals surface area (Å²) in [5.41, 5.74) is 8.64. The molecule has 11 heteroatoms. The lowest BCUT2D eigenvalue weighted by atomic mass is 9.83. The number of nitrogens with zero attached hydrogens (tertiary/aromatic N) is 2. The van der Waals surface area contributed by atoms with Gasteiger partial charge in [-0.2, -0.15) is 5.26 Å². The van der Waals surface area contributed by atoms with Gasteiger partial charge in [-0.25, -0.2) is 4.79 Å². The molecule has 1 unspecified atom stereocenters. The van der Waals surface area contributed by atoms with Crippen LogP contribution in [0, 0.1) is 11.3 Å². The standard InChI is InChI=1S/C27H22N4O7/c1-33-19-11-15(12-20(34-2)24(19)35-3)23-22-21(17(13-28)25(29)38-26(22)31-30-23)14-6-4-7-16(10-14)37-27(32)18-8-5-9-36-18/h4-12,21H,29H2,1-3H3,(H,30,31). The molecule has 1 atom stereocenters. The van der Waals surface area contributed by atoms with Crippen molar-refractivity contribution >= 4 is 5.97 Å². The Morgan fingerprint density at radius 2 is 1.84 bits per heavy atom. The largest absolute Gasteiger partial charge is 0.493 e. The molecule has 0 aliphatic carbocycles. The second kappa shape index (κ2) is 9.94. The Morgan fingerprint density at radius 3 is 2.47 bits per heavy atom. The Bertz CT molecular complexity index is 1560.